The van der Waals surface area contributed by atoms with Gasteiger partial charge in [0.2, 0.25) is 5.88 Å². The summed E-state index contributed by atoms with van der Waals surface area (Å²) in [6, 6.07) is 17.7. The van der Waals surface area contributed by atoms with Crippen LogP contribution in [-0.2, 0) is 0 Å². The summed E-state index contributed by atoms with van der Waals surface area (Å²) in [6.07, 6.45) is 0. The monoisotopic (exact) mass is 294 g/mol. The number of pyridine rings is 1. The van der Waals surface area contributed by atoms with Crippen molar-refractivity contribution in [3.05, 3.63) is 65.9 Å². The van der Waals surface area contributed by atoms with Gasteiger partial charge in [-0.2, -0.15) is 0 Å². The molecular weight excluding hydrogens is 280 g/mol. The Balaban J connectivity index is 2.02. The van der Waals surface area contributed by atoms with Gasteiger partial charge in [0, 0.05) is 5.69 Å². The Bertz CT molecular complexity index is 830. The molecule has 0 saturated carbocycles. The van der Waals surface area contributed by atoms with Crippen molar-refractivity contribution in [3.8, 4) is 11.6 Å². The van der Waals surface area contributed by atoms with Crippen LogP contribution in [0.1, 0.15) is 11.3 Å². The van der Waals surface area contributed by atoms with E-state index >= 15 is 0 Å². The van der Waals surface area contributed by atoms with Gasteiger partial charge in [-0.3, -0.25) is 0 Å². The molecule has 2 N–H and O–H groups in total. The summed E-state index contributed by atoms with van der Waals surface area (Å²) in [5.74, 6) is 1.15. The van der Waals surface area contributed by atoms with Crippen LogP contribution in [0.4, 0.5) is 0 Å². The molecule has 0 spiro atoms. The lowest BCUT2D eigenvalue weighted by Crippen LogP contribution is -2.11. The van der Waals surface area contributed by atoms with E-state index in [1.165, 1.54) is 0 Å². The van der Waals surface area contributed by atoms with E-state index in [0.717, 1.165) is 16.5 Å². The number of ether oxygens (including phenoxy) is 1. The van der Waals surface area contributed by atoms with Crippen LogP contribution in [0.5, 0.6) is 11.6 Å². The molecule has 0 radical (unpaired) electrons. The lowest BCUT2D eigenvalue weighted by molar-refractivity contribution is 0.461. The van der Waals surface area contributed by atoms with E-state index in [2.05, 4.69) is 11.1 Å². The molecule has 0 aliphatic heterocycles. The number of hydrogen-bond donors (Lipinski definition) is 1. The molecule has 21 heavy (non-hydrogen) atoms. The molecule has 4 heteroatoms. The van der Waals surface area contributed by atoms with Crippen LogP contribution in [0.25, 0.3) is 10.8 Å². The number of aryl methyl sites for hydroxylation is 1. The smallest absolute Gasteiger partial charge is 0.229 e. The predicted molar refractivity (Wildman–Crippen MR) is 88.9 cm³/mol. The summed E-state index contributed by atoms with van der Waals surface area (Å²) < 4.78 is 5.88. The van der Waals surface area contributed by atoms with E-state index in [4.69, 9.17) is 22.7 Å². The normalized spacial score (nSPS) is 10.5. The molecule has 0 saturated heterocycles. The van der Waals surface area contributed by atoms with Crippen molar-refractivity contribution in [2.45, 2.75) is 6.92 Å². The highest BCUT2D eigenvalue weighted by molar-refractivity contribution is 7.80. The fourth-order valence-corrected chi connectivity index (χ4v) is 2.30. The second-order valence-electron chi connectivity index (χ2n) is 4.78. The third kappa shape index (κ3) is 2.85. The summed E-state index contributed by atoms with van der Waals surface area (Å²) in [6.45, 7) is 1.90. The van der Waals surface area contributed by atoms with E-state index in [0.29, 0.717) is 17.2 Å². The number of hydrogen-bond acceptors (Lipinski definition) is 3. The van der Waals surface area contributed by atoms with Crippen molar-refractivity contribution in [2.24, 2.45) is 5.73 Å². The SMILES string of the molecule is Cc1ccc(C(N)=S)c(Oc2ccc3ccccc3c2)n1. The minimum atomic E-state index is 0.276. The zero-order chi connectivity index (χ0) is 14.8. The lowest BCUT2D eigenvalue weighted by Gasteiger charge is -2.10. The molecule has 0 amide bonds. The van der Waals surface area contributed by atoms with E-state index < -0.39 is 0 Å². The van der Waals surface area contributed by atoms with Crippen molar-refractivity contribution in [2.75, 3.05) is 0 Å². The molecule has 0 aliphatic rings. The van der Waals surface area contributed by atoms with Gasteiger partial charge in [-0.25, -0.2) is 4.98 Å². The maximum Gasteiger partial charge on any atom is 0.229 e. The molecule has 0 bridgehead atoms. The number of fused-ring (bicyclic) bond motifs is 1. The van der Waals surface area contributed by atoms with Crippen LogP contribution in [0.15, 0.2) is 54.6 Å². The van der Waals surface area contributed by atoms with Crippen molar-refractivity contribution in [1.29, 1.82) is 0 Å². The number of nitrogens with two attached hydrogens (primary N) is 1. The summed E-state index contributed by atoms with van der Waals surface area (Å²) in [7, 11) is 0. The van der Waals surface area contributed by atoms with Gasteiger partial charge in [0.1, 0.15) is 10.7 Å². The van der Waals surface area contributed by atoms with Crippen LogP contribution in [0.2, 0.25) is 0 Å². The van der Waals surface area contributed by atoms with Crippen molar-refractivity contribution < 1.29 is 4.74 Å². The zero-order valence-corrected chi connectivity index (χ0v) is 12.4. The van der Waals surface area contributed by atoms with E-state index in [1.807, 2.05) is 55.5 Å². The van der Waals surface area contributed by atoms with Gasteiger partial charge in [0.25, 0.3) is 0 Å². The third-order valence-corrected chi connectivity index (χ3v) is 3.42. The summed E-state index contributed by atoms with van der Waals surface area (Å²) in [4.78, 5) is 4.66. The lowest BCUT2D eigenvalue weighted by atomic mass is 10.1. The largest absolute Gasteiger partial charge is 0.438 e. The predicted octanol–water partition coefficient (Wildman–Crippen LogP) is 3.97. The number of nitrogens with zero attached hydrogens (tertiary/aromatic N) is 1. The minimum Gasteiger partial charge on any atom is -0.438 e. The Morgan fingerprint density at radius 2 is 1.81 bits per heavy atom. The summed E-state index contributed by atoms with van der Waals surface area (Å²) in [5, 5.41) is 2.27. The topological polar surface area (TPSA) is 48.1 Å². The van der Waals surface area contributed by atoms with Gasteiger partial charge in [0.15, 0.2) is 0 Å². The van der Waals surface area contributed by atoms with Crippen molar-refractivity contribution >= 4 is 28.0 Å². The number of rotatable bonds is 3. The van der Waals surface area contributed by atoms with Crippen LogP contribution in [-0.4, -0.2) is 9.97 Å². The molecule has 2 aromatic carbocycles. The molecule has 0 unspecified atom stereocenters. The highest BCUT2D eigenvalue weighted by Gasteiger charge is 2.10. The molecule has 104 valence electrons. The molecule has 3 nitrogen and oxygen atoms in total. The Morgan fingerprint density at radius 1 is 1.05 bits per heavy atom. The molecule has 3 rings (SSSR count). The van der Waals surface area contributed by atoms with Crippen LogP contribution >= 0.6 is 12.2 Å². The average molecular weight is 294 g/mol. The second-order valence-corrected chi connectivity index (χ2v) is 5.22. The maximum absolute atomic E-state index is 5.88. The first-order valence-corrected chi connectivity index (χ1v) is 6.98. The van der Waals surface area contributed by atoms with Crippen molar-refractivity contribution in [3.63, 3.8) is 0 Å². The molecule has 0 fully saturated rings. The Morgan fingerprint density at radius 3 is 2.57 bits per heavy atom. The second kappa shape index (κ2) is 5.50. The fourth-order valence-electron chi connectivity index (χ4n) is 2.14. The first-order valence-electron chi connectivity index (χ1n) is 6.57. The fraction of sp³-hybridized carbons (Fsp3) is 0.0588. The first kappa shape index (κ1) is 13.5. The molecule has 1 aromatic heterocycles. The first-order chi connectivity index (χ1) is 10.1. The van der Waals surface area contributed by atoms with Crippen molar-refractivity contribution in [1.82, 2.24) is 4.98 Å². The standard InChI is InChI=1S/C17H14N2OS/c1-11-6-9-15(16(18)21)17(19-11)20-14-8-7-12-4-2-3-5-13(12)10-14/h2-10H,1H3,(H2,18,21). The zero-order valence-electron chi connectivity index (χ0n) is 11.5. The van der Waals surface area contributed by atoms with Gasteiger partial charge in [-0.1, -0.05) is 42.5 Å². The third-order valence-electron chi connectivity index (χ3n) is 3.20. The highest BCUT2D eigenvalue weighted by atomic mass is 32.1. The van der Waals surface area contributed by atoms with Gasteiger partial charge in [-0.15, -0.1) is 0 Å². The van der Waals surface area contributed by atoms with Gasteiger partial charge in [-0.05, 0) is 42.0 Å². The summed E-state index contributed by atoms with van der Waals surface area (Å²) >= 11 is 5.04. The van der Waals surface area contributed by atoms with Gasteiger partial charge >= 0.3 is 0 Å². The number of aromatic nitrogens is 1. The van der Waals surface area contributed by atoms with E-state index in [1.54, 1.807) is 0 Å². The Kier molecular flexibility index (Phi) is 3.54. The van der Waals surface area contributed by atoms with Gasteiger partial charge in [0.05, 0.1) is 5.56 Å². The quantitative estimate of drug-likeness (QED) is 0.743. The summed E-state index contributed by atoms with van der Waals surface area (Å²) in [5.41, 5.74) is 7.22. The van der Waals surface area contributed by atoms with E-state index in [-0.39, 0.29) is 4.99 Å². The number of benzene rings is 2. The number of thiocarbonyl (C=S) groups is 1. The molecule has 0 aliphatic carbocycles. The molecule has 1 heterocycles. The Hall–Kier alpha value is -2.46. The average Bonchev–Trinajstić information content (AvgIpc) is 2.47. The highest BCUT2D eigenvalue weighted by Crippen LogP contribution is 2.27. The minimum absolute atomic E-state index is 0.276. The van der Waals surface area contributed by atoms with Gasteiger partial charge < -0.3 is 10.5 Å². The van der Waals surface area contributed by atoms with Crippen LogP contribution in [0.3, 0.4) is 0 Å². The molecular formula is C17H14N2OS. The van der Waals surface area contributed by atoms with Crippen LogP contribution in [0, 0.1) is 6.92 Å². The molecule has 0 atom stereocenters. The van der Waals surface area contributed by atoms with E-state index in [9.17, 15) is 0 Å². The van der Waals surface area contributed by atoms with Crippen LogP contribution < -0.4 is 10.5 Å². The molecule has 3 aromatic rings. The Labute approximate surface area is 128 Å². The maximum atomic E-state index is 5.88.